The fraction of sp³-hybridized carbons (Fsp3) is 0.571. The minimum Gasteiger partial charge on any atom is -0.485 e. The summed E-state index contributed by atoms with van der Waals surface area (Å²) < 4.78 is 34.8. The van der Waals surface area contributed by atoms with E-state index in [1.165, 1.54) is 0 Å². The lowest BCUT2D eigenvalue weighted by molar-refractivity contribution is -0.137. The second-order valence-corrected chi connectivity index (χ2v) is 10.8. The largest absolute Gasteiger partial charge is 0.485 e. The molecule has 0 spiro atoms. The second kappa shape index (κ2) is 7.68. The number of carbonyl (C=O) groups is 1. The highest BCUT2D eigenvalue weighted by atomic mass is 32.2. The van der Waals surface area contributed by atoms with Gasteiger partial charge < -0.3 is 14.2 Å². The molecule has 0 N–H and O–H groups in total. The highest BCUT2D eigenvalue weighted by molar-refractivity contribution is 7.91. The fourth-order valence-corrected chi connectivity index (χ4v) is 6.47. The number of amides is 1. The predicted octanol–water partition coefficient (Wildman–Crippen LogP) is 2.04. The maximum Gasteiger partial charge on any atom is 0.230 e. The van der Waals surface area contributed by atoms with E-state index in [-0.39, 0.29) is 48.9 Å². The van der Waals surface area contributed by atoms with Crippen LogP contribution in [0.3, 0.4) is 0 Å². The predicted molar refractivity (Wildman–Crippen MR) is 107 cm³/mol. The van der Waals surface area contributed by atoms with Crippen molar-refractivity contribution in [2.75, 3.05) is 24.6 Å². The highest BCUT2D eigenvalue weighted by Gasteiger charge is 2.54. The first-order chi connectivity index (χ1) is 14.5. The summed E-state index contributed by atoms with van der Waals surface area (Å²) in [5.74, 6) is 2.23. The number of carbonyl (C=O) groups excluding carboxylic acids is 1. The van der Waals surface area contributed by atoms with Crippen molar-refractivity contribution in [3.05, 3.63) is 42.0 Å². The first-order valence-electron chi connectivity index (χ1n) is 10.5. The van der Waals surface area contributed by atoms with Gasteiger partial charge in [-0.05, 0) is 43.2 Å². The van der Waals surface area contributed by atoms with Crippen LogP contribution in [-0.2, 0) is 21.2 Å². The van der Waals surface area contributed by atoms with Crippen LogP contribution in [0.25, 0.3) is 0 Å². The summed E-state index contributed by atoms with van der Waals surface area (Å²) in [4.78, 5) is 19.6. The standard InChI is InChI=1S/C21H25N3O5S/c25-21(24-8-10-30(26,27)11-9-24)19-15-7-6-14(12-15)18(19)20-22-17(23-29-20)13-28-16-4-2-1-3-5-16/h1-5,14-15,18-19H,6-13H2/t14-,15+,18+,19+/m1/s1. The van der Waals surface area contributed by atoms with E-state index in [4.69, 9.17) is 9.26 Å². The molecule has 0 unspecified atom stereocenters. The van der Waals surface area contributed by atoms with Crippen molar-refractivity contribution in [1.29, 1.82) is 0 Å². The van der Waals surface area contributed by atoms with Crippen molar-refractivity contribution < 1.29 is 22.5 Å². The lowest BCUT2D eigenvalue weighted by atomic mass is 9.78. The minimum atomic E-state index is -3.02. The molecule has 2 heterocycles. The van der Waals surface area contributed by atoms with Gasteiger partial charge >= 0.3 is 0 Å². The van der Waals surface area contributed by atoms with Gasteiger partial charge in [-0.2, -0.15) is 4.98 Å². The van der Waals surface area contributed by atoms with E-state index in [2.05, 4.69) is 10.1 Å². The molecule has 1 aromatic heterocycles. The number of nitrogens with zero attached hydrogens (tertiary/aromatic N) is 3. The molecule has 2 bridgehead atoms. The number of ether oxygens (including phenoxy) is 1. The molecule has 4 atom stereocenters. The maximum atomic E-state index is 13.3. The summed E-state index contributed by atoms with van der Waals surface area (Å²) >= 11 is 0. The van der Waals surface area contributed by atoms with E-state index >= 15 is 0 Å². The van der Waals surface area contributed by atoms with Crippen LogP contribution < -0.4 is 4.74 Å². The summed E-state index contributed by atoms with van der Waals surface area (Å²) in [6.45, 7) is 0.764. The van der Waals surface area contributed by atoms with Gasteiger partial charge in [0.25, 0.3) is 0 Å². The Morgan fingerprint density at radius 1 is 1.13 bits per heavy atom. The van der Waals surface area contributed by atoms with Crippen molar-refractivity contribution in [1.82, 2.24) is 15.0 Å². The van der Waals surface area contributed by atoms with Crippen LogP contribution in [0.1, 0.15) is 36.9 Å². The van der Waals surface area contributed by atoms with E-state index in [0.29, 0.717) is 23.6 Å². The van der Waals surface area contributed by atoms with E-state index in [0.717, 1.165) is 25.0 Å². The van der Waals surface area contributed by atoms with E-state index < -0.39 is 9.84 Å². The van der Waals surface area contributed by atoms with Crippen LogP contribution in [0.4, 0.5) is 0 Å². The van der Waals surface area contributed by atoms with Crippen LogP contribution in [0, 0.1) is 17.8 Å². The van der Waals surface area contributed by atoms with Crippen molar-refractivity contribution in [2.45, 2.75) is 31.8 Å². The van der Waals surface area contributed by atoms with Gasteiger partial charge in [-0.3, -0.25) is 4.79 Å². The Morgan fingerprint density at radius 3 is 2.63 bits per heavy atom. The Bertz CT molecular complexity index is 1010. The Kier molecular flexibility index (Phi) is 5.00. The number of hydrogen-bond donors (Lipinski definition) is 0. The zero-order valence-electron chi connectivity index (χ0n) is 16.6. The van der Waals surface area contributed by atoms with Gasteiger partial charge in [-0.15, -0.1) is 0 Å². The maximum absolute atomic E-state index is 13.3. The lowest BCUT2D eigenvalue weighted by Crippen LogP contribution is -2.48. The highest BCUT2D eigenvalue weighted by Crippen LogP contribution is 2.56. The molecule has 1 saturated heterocycles. The molecule has 3 fully saturated rings. The molecule has 9 heteroatoms. The van der Waals surface area contributed by atoms with E-state index in [1.807, 2.05) is 30.3 Å². The number of hydrogen-bond acceptors (Lipinski definition) is 7. The molecule has 160 valence electrons. The molecule has 2 aliphatic carbocycles. The van der Waals surface area contributed by atoms with Crippen molar-refractivity contribution in [2.24, 2.45) is 17.8 Å². The molecule has 1 aliphatic heterocycles. The van der Waals surface area contributed by atoms with Crippen LogP contribution in [0.2, 0.25) is 0 Å². The van der Waals surface area contributed by atoms with Gasteiger partial charge in [0.2, 0.25) is 17.6 Å². The van der Waals surface area contributed by atoms with E-state index in [9.17, 15) is 13.2 Å². The fourth-order valence-electron chi connectivity index (χ4n) is 5.27. The zero-order valence-corrected chi connectivity index (χ0v) is 17.5. The Hall–Kier alpha value is -2.42. The number of aromatic nitrogens is 2. The normalized spacial score (nSPS) is 29.8. The average molecular weight is 432 g/mol. The molecule has 0 radical (unpaired) electrons. The molecular formula is C21H25N3O5S. The molecule has 30 heavy (non-hydrogen) atoms. The molecular weight excluding hydrogens is 406 g/mol. The summed E-state index contributed by atoms with van der Waals surface area (Å²) in [6.07, 6.45) is 3.08. The van der Waals surface area contributed by atoms with E-state index in [1.54, 1.807) is 4.90 Å². The molecule has 1 aromatic carbocycles. The topological polar surface area (TPSA) is 103 Å². The molecule has 3 aliphatic rings. The number of sulfone groups is 1. The molecule has 2 aromatic rings. The minimum absolute atomic E-state index is 0.0439. The summed E-state index contributed by atoms with van der Waals surface area (Å²) in [7, 11) is -3.02. The zero-order chi connectivity index (χ0) is 20.7. The third kappa shape index (κ3) is 3.71. The number of benzene rings is 1. The third-order valence-corrected chi connectivity index (χ3v) is 8.35. The van der Waals surface area contributed by atoms with Gasteiger partial charge in [0.05, 0.1) is 23.3 Å². The molecule has 2 saturated carbocycles. The van der Waals surface area contributed by atoms with Gasteiger partial charge in [0, 0.05) is 13.1 Å². The van der Waals surface area contributed by atoms with Gasteiger partial charge in [0.15, 0.2) is 16.4 Å². The first kappa shape index (κ1) is 19.5. The summed E-state index contributed by atoms with van der Waals surface area (Å²) in [5.41, 5.74) is 0. The van der Waals surface area contributed by atoms with Gasteiger partial charge in [-0.25, -0.2) is 8.42 Å². The van der Waals surface area contributed by atoms with Crippen LogP contribution >= 0.6 is 0 Å². The van der Waals surface area contributed by atoms with Crippen LogP contribution in [-0.4, -0.2) is 54.0 Å². The summed E-state index contributed by atoms with van der Waals surface area (Å²) in [6, 6.07) is 9.45. The third-order valence-electron chi connectivity index (χ3n) is 6.74. The molecule has 8 nitrogen and oxygen atoms in total. The average Bonchev–Trinajstić information content (AvgIpc) is 3.48. The van der Waals surface area contributed by atoms with Gasteiger partial charge in [-0.1, -0.05) is 23.4 Å². The van der Waals surface area contributed by atoms with Crippen LogP contribution in [0.15, 0.2) is 34.9 Å². The number of para-hydroxylation sites is 1. The van der Waals surface area contributed by atoms with Gasteiger partial charge in [0.1, 0.15) is 5.75 Å². The Balaban J connectivity index is 1.30. The van der Waals surface area contributed by atoms with Crippen LogP contribution in [0.5, 0.6) is 5.75 Å². The van der Waals surface area contributed by atoms with Crippen molar-refractivity contribution in [3.8, 4) is 5.75 Å². The van der Waals surface area contributed by atoms with Crippen molar-refractivity contribution in [3.63, 3.8) is 0 Å². The monoisotopic (exact) mass is 431 g/mol. The SMILES string of the molecule is O=C([C@H]1[C@H]2CC[C@H](C2)[C@@H]1c1nc(COc2ccccc2)no1)N1CCS(=O)(=O)CC1. The molecule has 5 rings (SSSR count). The first-order valence-corrected chi connectivity index (χ1v) is 12.3. The summed E-state index contributed by atoms with van der Waals surface area (Å²) in [5, 5.41) is 4.07. The molecule has 1 amide bonds. The second-order valence-electron chi connectivity index (χ2n) is 8.51. The Morgan fingerprint density at radius 2 is 1.87 bits per heavy atom. The smallest absolute Gasteiger partial charge is 0.230 e. The Labute approximate surface area is 175 Å². The quantitative estimate of drug-likeness (QED) is 0.714. The number of fused-ring (bicyclic) bond motifs is 2. The lowest BCUT2D eigenvalue weighted by Gasteiger charge is -2.34. The number of rotatable bonds is 5. The van der Waals surface area contributed by atoms with Crippen molar-refractivity contribution >= 4 is 15.7 Å².